The maximum absolute atomic E-state index is 13.9. The normalized spacial score (nSPS) is 24.4. The number of hydrazone groups is 1. The molecule has 3 aromatic rings. The number of Topliss-reactive ketones (excluding diaryl/α,β-unsaturated/α-hetero) is 1. The van der Waals surface area contributed by atoms with Gasteiger partial charge in [-0.05, 0) is 60.9 Å². The summed E-state index contributed by atoms with van der Waals surface area (Å²) in [6.45, 7) is 3.86. The summed E-state index contributed by atoms with van der Waals surface area (Å²) in [6, 6.07) is 18.5. The number of anilines is 1. The van der Waals surface area contributed by atoms with E-state index in [4.69, 9.17) is 11.6 Å². The van der Waals surface area contributed by atoms with E-state index in [0.29, 0.717) is 16.3 Å². The maximum atomic E-state index is 13.9. The minimum atomic E-state index is -0.900. The molecule has 6 nitrogen and oxygen atoms in total. The second kappa shape index (κ2) is 7.89. The van der Waals surface area contributed by atoms with Crippen LogP contribution in [0.25, 0.3) is 0 Å². The van der Waals surface area contributed by atoms with Crippen LogP contribution >= 0.6 is 11.6 Å². The van der Waals surface area contributed by atoms with E-state index in [1.165, 1.54) is 4.90 Å². The first-order valence-corrected chi connectivity index (χ1v) is 11.9. The summed E-state index contributed by atoms with van der Waals surface area (Å²) in [5.74, 6) is -2.47. The van der Waals surface area contributed by atoms with E-state index < -0.39 is 23.9 Å². The molecule has 2 saturated heterocycles. The number of nitrogens with zero attached hydrogens (tertiary/aromatic N) is 3. The number of rotatable bonds is 3. The van der Waals surface area contributed by atoms with Gasteiger partial charge in [0, 0.05) is 10.6 Å². The Kier molecular flexibility index (Phi) is 4.90. The zero-order valence-electron chi connectivity index (χ0n) is 19.2. The Hall–Kier alpha value is -3.77. The average molecular weight is 484 g/mol. The third-order valence-corrected chi connectivity index (χ3v) is 7.54. The summed E-state index contributed by atoms with van der Waals surface area (Å²) >= 11 is 6.04. The summed E-state index contributed by atoms with van der Waals surface area (Å²) in [5.41, 5.74) is 4.66. The SMILES string of the molecule is Cc1ccc(N2C(=O)[C@@H]3[C@H](C2=O)[C@@H]2c4ccccc4C=NN2[C@@H]3C(=O)c2ccc(Cl)cc2)c(C)c1. The fraction of sp³-hybridized carbons (Fsp3) is 0.214. The average Bonchev–Trinajstić information content (AvgIpc) is 3.32. The predicted molar refractivity (Wildman–Crippen MR) is 134 cm³/mol. The lowest BCUT2D eigenvalue weighted by atomic mass is 9.83. The number of carbonyl (C=O) groups is 3. The minimum absolute atomic E-state index is 0.251. The lowest BCUT2D eigenvalue weighted by molar-refractivity contribution is -0.124. The molecule has 0 N–H and O–H groups in total. The molecular weight excluding hydrogens is 462 g/mol. The Morgan fingerprint density at radius 2 is 1.63 bits per heavy atom. The zero-order valence-corrected chi connectivity index (χ0v) is 19.9. The van der Waals surface area contributed by atoms with Crippen molar-refractivity contribution in [2.24, 2.45) is 16.9 Å². The number of carbonyl (C=O) groups excluding carboxylic acids is 3. The van der Waals surface area contributed by atoms with Gasteiger partial charge in [-0.2, -0.15) is 5.10 Å². The molecule has 0 bridgehead atoms. The first-order chi connectivity index (χ1) is 16.9. The van der Waals surface area contributed by atoms with Crippen molar-refractivity contribution in [1.29, 1.82) is 0 Å². The van der Waals surface area contributed by atoms with Crippen molar-refractivity contribution in [3.63, 3.8) is 0 Å². The number of amides is 2. The summed E-state index contributed by atoms with van der Waals surface area (Å²) in [5, 5.41) is 6.78. The van der Waals surface area contributed by atoms with Gasteiger partial charge < -0.3 is 0 Å². The first kappa shape index (κ1) is 21.7. The quantitative estimate of drug-likeness (QED) is 0.399. The third-order valence-electron chi connectivity index (χ3n) is 7.28. The number of hydrogen-bond acceptors (Lipinski definition) is 5. The molecule has 6 rings (SSSR count). The second-order valence-corrected chi connectivity index (χ2v) is 9.80. The molecule has 0 aliphatic carbocycles. The van der Waals surface area contributed by atoms with E-state index in [-0.39, 0.29) is 17.6 Å². The zero-order chi connectivity index (χ0) is 24.4. The summed E-state index contributed by atoms with van der Waals surface area (Å²) in [6.07, 6.45) is 1.70. The van der Waals surface area contributed by atoms with Crippen molar-refractivity contribution < 1.29 is 14.4 Å². The summed E-state index contributed by atoms with van der Waals surface area (Å²) in [7, 11) is 0. The molecule has 0 radical (unpaired) electrons. The van der Waals surface area contributed by atoms with Gasteiger partial charge in [0.25, 0.3) is 0 Å². The maximum Gasteiger partial charge on any atom is 0.240 e. The van der Waals surface area contributed by atoms with E-state index >= 15 is 0 Å². The van der Waals surface area contributed by atoms with Crippen LogP contribution in [0.1, 0.15) is 38.7 Å². The molecule has 0 spiro atoms. The molecule has 4 atom stereocenters. The van der Waals surface area contributed by atoms with Crippen LogP contribution in [0.4, 0.5) is 5.69 Å². The van der Waals surface area contributed by atoms with Gasteiger partial charge >= 0.3 is 0 Å². The number of ketones is 1. The van der Waals surface area contributed by atoms with Gasteiger partial charge in [-0.1, -0.05) is 53.6 Å². The van der Waals surface area contributed by atoms with Crippen LogP contribution in [0.2, 0.25) is 5.02 Å². The fourth-order valence-electron chi connectivity index (χ4n) is 5.75. The van der Waals surface area contributed by atoms with E-state index in [2.05, 4.69) is 5.10 Å². The van der Waals surface area contributed by atoms with Crippen molar-refractivity contribution in [2.75, 3.05) is 4.90 Å². The lowest BCUT2D eigenvalue weighted by Gasteiger charge is -2.34. The lowest BCUT2D eigenvalue weighted by Crippen LogP contribution is -2.44. The van der Waals surface area contributed by atoms with Crippen LogP contribution in [-0.4, -0.2) is 34.9 Å². The topological polar surface area (TPSA) is 70.1 Å². The Balaban J connectivity index is 1.50. The van der Waals surface area contributed by atoms with Crippen molar-refractivity contribution in [2.45, 2.75) is 25.9 Å². The van der Waals surface area contributed by atoms with Gasteiger partial charge in [0.05, 0.1) is 29.8 Å². The highest BCUT2D eigenvalue weighted by molar-refractivity contribution is 6.30. The molecule has 3 aromatic carbocycles. The van der Waals surface area contributed by atoms with E-state index in [9.17, 15) is 14.4 Å². The smallest absolute Gasteiger partial charge is 0.240 e. The van der Waals surface area contributed by atoms with Crippen molar-refractivity contribution in [3.05, 3.63) is 99.6 Å². The van der Waals surface area contributed by atoms with Crippen molar-refractivity contribution in [1.82, 2.24) is 5.01 Å². The van der Waals surface area contributed by atoms with Gasteiger partial charge in [-0.15, -0.1) is 0 Å². The molecule has 3 heterocycles. The highest BCUT2D eigenvalue weighted by Crippen LogP contribution is 2.53. The molecule has 174 valence electrons. The van der Waals surface area contributed by atoms with Gasteiger partial charge in [0.15, 0.2) is 5.78 Å². The molecule has 3 aliphatic heterocycles. The Morgan fingerprint density at radius 3 is 2.37 bits per heavy atom. The molecule has 0 aromatic heterocycles. The molecule has 3 aliphatic rings. The Bertz CT molecular complexity index is 1430. The van der Waals surface area contributed by atoms with E-state index in [1.54, 1.807) is 35.5 Å². The summed E-state index contributed by atoms with van der Waals surface area (Å²) < 4.78 is 0. The predicted octanol–water partition coefficient (Wildman–Crippen LogP) is 4.72. The van der Waals surface area contributed by atoms with Crippen LogP contribution < -0.4 is 4.90 Å². The van der Waals surface area contributed by atoms with Crippen LogP contribution in [0.15, 0.2) is 71.8 Å². The number of halogens is 1. The van der Waals surface area contributed by atoms with Crippen LogP contribution in [0.3, 0.4) is 0 Å². The van der Waals surface area contributed by atoms with Gasteiger partial charge in [-0.25, -0.2) is 4.90 Å². The number of fused-ring (bicyclic) bond motifs is 5. The third kappa shape index (κ3) is 3.17. The molecule has 0 unspecified atom stereocenters. The van der Waals surface area contributed by atoms with Gasteiger partial charge in [0.2, 0.25) is 11.8 Å². The largest absolute Gasteiger partial charge is 0.292 e. The van der Waals surface area contributed by atoms with Crippen molar-refractivity contribution in [3.8, 4) is 0 Å². The number of aryl methyl sites for hydroxylation is 2. The highest BCUT2D eigenvalue weighted by atomic mass is 35.5. The van der Waals surface area contributed by atoms with Gasteiger partial charge in [-0.3, -0.25) is 19.4 Å². The number of imide groups is 1. The number of hydrogen-bond donors (Lipinski definition) is 0. The second-order valence-electron chi connectivity index (χ2n) is 9.37. The molecule has 2 fully saturated rings. The fourth-order valence-corrected chi connectivity index (χ4v) is 5.87. The van der Waals surface area contributed by atoms with Gasteiger partial charge in [0.1, 0.15) is 6.04 Å². The molecule has 35 heavy (non-hydrogen) atoms. The summed E-state index contributed by atoms with van der Waals surface area (Å²) in [4.78, 5) is 43.0. The van der Waals surface area contributed by atoms with Crippen LogP contribution in [0, 0.1) is 25.7 Å². The standard InChI is InChI=1S/C28H22ClN3O3/c1-15-7-12-21(16(2)13-15)31-27(34)22-23(28(31)35)25(26(33)17-8-10-19(29)11-9-17)32-24(22)20-6-4-3-5-18(20)14-30-32/h3-14,22-25H,1-2H3/t22-,23+,24-,25-/m0/s1. The molecule has 0 saturated carbocycles. The molecular formula is C28H22ClN3O3. The van der Waals surface area contributed by atoms with E-state index in [1.807, 2.05) is 56.3 Å². The van der Waals surface area contributed by atoms with Crippen molar-refractivity contribution >= 4 is 41.1 Å². The molecule has 2 amide bonds. The number of benzene rings is 3. The minimum Gasteiger partial charge on any atom is -0.292 e. The Labute approximate surface area is 207 Å². The molecule has 7 heteroatoms. The van der Waals surface area contributed by atoms with E-state index in [0.717, 1.165) is 22.3 Å². The highest BCUT2D eigenvalue weighted by Gasteiger charge is 2.65. The Morgan fingerprint density at radius 1 is 0.914 bits per heavy atom. The first-order valence-electron chi connectivity index (χ1n) is 11.5. The monoisotopic (exact) mass is 483 g/mol. The van der Waals surface area contributed by atoms with Crippen LogP contribution in [0.5, 0.6) is 0 Å². The van der Waals surface area contributed by atoms with Crippen LogP contribution in [-0.2, 0) is 9.59 Å².